The molecule has 1 N–H and O–H groups in total. The molecule has 0 aromatic carbocycles. The molecule has 1 saturated heterocycles. The summed E-state index contributed by atoms with van der Waals surface area (Å²) in [6, 6.07) is 0.0153. The van der Waals surface area contributed by atoms with E-state index < -0.39 is 0 Å². The molecule has 0 radical (unpaired) electrons. The van der Waals surface area contributed by atoms with Crippen molar-refractivity contribution in [3.05, 3.63) is 0 Å². The first-order valence-corrected chi connectivity index (χ1v) is 4.77. The highest BCUT2D eigenvalue weighted by molar-refractivity contribution is 5.83. The van der Waals surface area contributed by atoms with Crippen LogP contribution in [-0.2, 0) is 4.79 Å². The Kier molecular flexibility index (Phi) is 3.09. The third-order valence-corrected chi connectivity index (χ3v) is 2.32. The number of nitrogens with zero attached hydrogens (tertiary/aromatic N) is 1. The van der Waals surface area contributed by atoms with Gasteiger partial charge in [-0.25, -0.2) is 0 Å². The van der Waals surface area contributed by atoms with Crippen molar-refractivity contribution in [3.63, 3.8) is 0 Å². The lowest BCUT2D eigenvalue weighted by atomic mass is 10.3. The van der Waals surface area contributed by atoms with Gasteiger partial charge >= 0.3 is 0 Å². The van der Waals surface area contributed by atoms with Crippen molar-refractivity contribution in [2.75, 3.05) is 6.54 Å². The monoisotopic (exact) mass is 170 g/mol. The Morgan fingerprint density at radius 1 is 1.50 bits per heavy atom. The molecular weight excluding hydrogens is 152 g/mol. The highest BCUT2D eigenvalue weighted by atomic mass is 16.2. The van der Waals surface area contributed by atoms with Crippen molar-refractivity contribution in [1.29, 1.82) is 0 Å². The molecule has 0 aromatic rings. The molecule has 3 nitrogen and oxygen atoms in total. The number of nitrogens with one attached hydrogen (secondary N) is 1. The molecule has 12 heavy (non-hydrogen) atoms. The van der Waals surface area contributed by atoms with Crippen LogP contribution in [0.4, 0.5) is 0 Å². The standard InChI is InChI=1S/C9H18N2O/c1-4-6-11-8(5-2)10-7(3)9(11)12/h7-8,10H,4-6H2,1-3H3. The second kappa shape index (κ2) is 3.90. The Labute approximate surface area is 74.1 Å². The molecule has 0 spiro atoms. The number of carbonyl (C=O) groups is 1. The smallest absolute Gasteiger partial charge is 0.240 e. The minimum atomic E-state index is 0.0153. The summed E-state index contributed by atoms with van der Waals surface area (Å²) in [6.45, 7) is 7.02. The molecule has 1 aliphatic heterocycles. The second-order valence-corrected chi connectivity index (χ2v) is 3.34. The van der Waals surface area contributed by atoms with Crippen molar-refractivity contribution >= 4 is 5.91 Å². The van der Waals surface area contributed by atoms with Gasteiger partial charge in [0.1, 0.15) is 0 Å². The third kappa shape index (κ3) is 1.61. The van der Waals surface area contributed by atoms with Crippen molar-refractivity contribution in [3.8, 4) is 0 Å². The summed E-state index contributed by atoms with van der Waals surface area (Å²) in [5.41, 5.74) is 0. The third-order valence-electron chi connectivity index (χ3n) is 2.32. The highest BCUT2D eigenvalue weighted by Crippen LogP contribution is 2.13. The molecule has 2 atom stereocenters. The highest BCUT2D eigenvalue weighted by Gasteiger charge is 2.33. The molecule has 0 saturated carbocycles. The quantitative estimate of drug-likeness (QED) is 0.684. The zero-order valence-electron chi connectivity index (χ0n) is 8.13. The molecule has 1 aliphatic rings. The molecule has 1 fully saturated rings. The minimum absolute atomic E-state index is 0.0153. The molecule has 1 rings (SSSR count). The zero-order chi connectivity index (χ0) is 9.14. The van der Waals surface area contributed by atoms with Gasteiger partial charge in [-0.15, -0.1) is 0 Å². The minimum Gasteiger partial charge on any atom is -0.326 e. The van der Waals surface area contributed by atoms with E-state index in [1.807, 2.05) is 11.8 Å². The van der Waals surface area contributed by atoms with Gasteiger partial charge in [-0.2, -0.15) is 0 Å². The topological polar surface area (TPSA) is 32.3 Å². The first kappa shape index (κ1) is 9.52. The molecule has 1 heterocycles. The van der Waals surface area contributed by atoms with E-state index in [0.29, 0.717) is 0 Å². The average Bonchev–Trinajstić information content (AvgIpc) is 2.33. The largest absolute Gasteiger partial charge is 0.326 e. The van der Waals surface area contributed by atoms with Gasteiger partial charge in [0.25, 0.3) is 0 Å². The van der Waals surface area contributed by atoms with E-state index in [0.717, 1.165) is 19.4 Å². The molecular formula is C9H18N2O. The lowest BCUT2D eigenvalue weighted by molar-refractivity contribution is -0.129. The summed E-state index contributed by atoms with van der Waals surface area (Å²) in [4.78, 5) is 13.5. The number of amides is 1. The summed E-state index contributed by atoms with van der Waals surface area (Å²) < 4.78 is 0. The molecule has 70 valence electrons. The molecule has 0 aliphatic carbocycles. The summed E-state index contributed by atoms with van der Waals surface area (Å²) in [7, 11) is 0. The van der Waals surface area contributed by atoms with Crippen LogP contribution in [0.3, 0.4) is 0 Å². The van der Waals surface area contributed by atoms with Crippen LogP contribution in [-0.4, -0.2) is 29.6 Å². The van der Waals surface area contributed by atoms with Gasteiger partial charge in [-0.1, -0.05) is 13.8 Å². The fourth-order valence-corrected chi connectivity index (χ4v) is 1.70. The lowest BCUT2D eigenvalue weighted by Gasteiger charge is -2.22. The predicted octanol–water partition coefficient (Wildman–Crippen LogP) is 0.953. The van der Waals surface area contributed by atoms with Crippen molar-refractivity contribution in [2.45, 2.75) is 45.8 Å². The van der Waals surface area contributed by atoms with Gasteiger partial charge in [0, 0.05) is 6.54 Å². The average molecular weight is 170 g/mol. The number of hydrogen-bond donors (Lipinski definition) is 1. The van der Waals surface area contributed by atoms with E-state index in [4.69, 9.17) is 0 Å². The van der Waals surface area contributed by atoms with Crippen molar-refractivity contribution in [2.24, 2.45) is 0 Å². The van der Waals surface area contributed by atoms with Gasteiger partial charge < -0.3 is 4.90 Å². The Morgan fingerprint density at radius 2 is 2.17 bits per heavy atom. The van der Waals surface area contributed by atoms with Crippen molar-refractivity contribution < 1.29 is 4.79 Å². The van der Waals surface area contributed by atoms with Crippen LogP contribution in [0.15, 0.2) is 0 Å². The maximum atomic E-state index is 11.5. The Hall–Kier alpha value is -0.570. The Balaban J connectivity index is 2.60. The van der Waals surface area contributed by atoms with E-state index in [-0.39, 0.29) is 18.1 Å². The molecule has 0 aromatic heterocycles. The molecule has 3 heteroatoms. The lowest BCUT2D eigenvalue weighted by Crippen LogP contribution is -2.37. The normalized spacial score (nSPS) is 29.9. The number of carbonyl (C=O) groups excluding carboxylic acids is 1. The second-order valence-electron chi connectivity index (χ2n) is 3.34. The zero-order valence-corrected chi connectivity index (χ0v) is 8.13. The molecule has 2 unspecified atom stereocenters. The van der Waals surface area contributed by atoms with Crippen molar-refractivity contribution in [1.82, 2.24) is 10.2 Å². The van der Waals surface area contributed by atoms with E-state index in [9.17, 15) is 4.79 Å². The van der Waals surface area contributed by atoms with Gasteiger partial charge in [0.15, 0.2) is 0 Å². The fourth-order valence-electron chi connectivity index (χ4n) is 1.70. The SMILES string of the molecule is CCCN1C(=O)C(C)NC1CC. The van der Waals surface area contributed by atoms with E-state index in [2.05, 4.69) is 19.2 Å². The van der Waals surface area contributed by atoms with E-state index in [1.165, 1.54) is 0 Å². The van der Waals surface area contributed by atoms with Gasteiger partial charge in [0.2, 0.25) is 5.91 Å². The van der Waals surface area contributed by atoms with Gasteiger partial charge in [-0.3, -0.25) is 10.1 Å². The summed E-state index contributed by atoms with van der Waals surface area (Å²) >= 11 is 0. The first-order chi connectivity index (χ1) is 5.70. The summed E-state index contributed by atoms with van der Waals surface area (Å²) in [5.74, 6) is 0.253. The first-order valence-electron chi connectivity index (χ1n) is 4.77. The van der Waals surface area contributed by atoms with Crippen LogP contribution in [0.25, 0.3) is 0 Å². The summed E-state index contributed by atoms with van der Waals surface area (Å²) in [5, 5.41) is 3.26. The number of hydrogen-bond acceptors (Lipinski definition) is 2. The predicted molar refractivity (Wildman–Crippen MR) is 48.7 cm³/mol. The van der Waals surface area contributed by atoms with Crippen LogP contribution < -0.4 is 5.32 Å². The molecule has 1 amide bonds. The van der Waals surface area contributed by atoms with E-state index >= 15 is 0 Å². The van der Waals surface area contributed by atoms with Gasteiger partial charge in [0.05, 0.1) is 12.2 Å². The summed E-state index contributed by atoms with van der Waals surface area (Å²) in [6.07, 6.45) is 2.31. The van der Waals surface area contributed by atoms with Crippen LogP contribution in [0.2, 0.25) is 0 Å². The molecule has 0 bridgehead atoms. The fraction of sp³-hybridized carbons (Fsp3) is 0.889. The maximum absolute atomic E-state index is 11.5. The van der Waals surface area contributed by atoms with Crippen LogP contribution in [0, 0.1) is 0 Å². The maximum Gasteiger partial charge on any atom is 0.240 e. The van der Waals surface area contributed by atoms with Crippen LogP contribution in [0.5, 0.6) is 0 Å². The Bertz CT molecular complexity index is 170. The number of rotatable bonds is 3. The van der Waals surface area contributed by atoms with E-state index in [1.54, 1.807) is 0 Å². The van der Waals surface area contributed by atoms with Gasteiger partial charge in [-0.05, 0) is 19.8 Å². The Morgan fingerprint density at radius 3 is 2.67 bits per heavy atom. The van der Waals surface area contributed by atoms with Crippen LogP contribution >= 0.6 is 0 Å². The van der Waals surface area contributed by atoms with Crippen LogP contribution in [0.1, 0.15) is 33.6 Å².